The van der Waals surface area contributed by atoms with Gasteiger partial charge in [0.15, 0.2) is 0 Å². The highest BCUT2D eigenvalue weighted by Gasteiger charge is 2.18. The quantitative estimate of drug-likeness (QED) is 0.398. The van der Waals surface area contributed by atoms with E-state index in [0.717, 1.165) is 33.6 Å². The number of carbonyl (C=O) groups is 1. The molecule has 0 bridgehead atoms. The normalized spacial score (nSPS) is 11.9. The molecule has 1 N–H and O–H groups in total. The van der Waals surface area contributed by atoms with Crippen LogP contribution in [-0.4, -0.2) is 15.5 Å². The molecule has 156 valence electrons. The molecule has 4 rings (SSSR count). The van der Waals surface area contributed by atoms with E-state index in [1.807, 2.05) is 62.4 Å². The fourth-order valence-electron chi connectivity index (χ4n) is 3.85. The molecule has 0 saturated heterocycles. The largest absolute Gasteiger partial charge is 0.346 e. The highest BCUT2D eigenvalue weighted by atomic mass is 16.1. The number of fused-ring (bicyclic) bond motifs is 1. The first-order valence-electron chi connectivity index (χ1n) is 10.5. The monoisotopic (exact) mass is 409 g/mol. The van der Waals surface area contributed by atoms with Gasteiger partial charge in [-0.25, -0.2) is 4.98 Å². The third kappa shape index (κ3) is 4.75. The highest BCUT2D eigenvalue weighted by molar-refractivity contribution is 5.80. The lowest BCUT2D eigenvalue weighted by atomic mass is 10.0. The number of nitrogens with zero attached hydrogens (tertiary/aromatic N) is 2. The van der Waals surface area contributed by atoms with Gasteiger partial charge < -0.3 is 9.88 Å². The average Bonchev–Trinajstić information content (AvgIpc) is 3.13. The van der Waals surface area contributed by atoms with Crippen LogP contribution in [0.5, 0.6) is 0 Å². The lowest BCUT2D eigenvalue weighted by Gasteiger charge is -2.16. The molecule has 0 radical (unpaired) electrons. The van der Waals surface area contributed by atoms with Gasteiger partial charge in [0.1, 0.15) is 5.82 Å². The summed E-state index contributed by atoms with van der Waals surface area (Å²) in [5.41, 5.74) is 6.32. The number of hydrogen-bond donors (Lipinski definition) is 1. The molecule has 4 aromatic rings. The van der Waals surface area contributed by atoms with Gasteiger partial charge in [-0.15, -0.1) is 0 Å². The van der Waals surface area contributed by atoms with Crippen LogP contribution in [-0.2, 0) is 17.8 Å². The van der Waals surface area contributed by atoms with Crippen molar-refractivity contribution in [3.8, 4) is 11.1 Å². The van der Waals surface area contributed by atoms with E-state index >= 15 is 0 Å². The molecule has 1 heterocycles. The molecular weight excluding hydrogens is 382 g/mol. The number of para-hydroxylation sites is 2. The van der Waals surface area contributed by atoms with Crippen molar-refractivity contribution < 1.29 is 4.79 Å². The Morgan fingerprint density at radius 2 is 1.61 bits per heavy atom. The number of carbonyl (C=O) groups excluding carboxylic acids is 1. The van der Waals surface area contributed by atoms with E-state index in [1.165, 1.54) is 5.56 Å². The van der Waals surface area contributed by atoms with Crippen molar-refractivity contribution in [3.05, 3.63) is 102 Å². The van der Waals surface area contributed by atoms with Gasteiger partial charge in [-0.3, -0.25) is 4.79 Å². The van der Waals surface area contributed by atoms with Gasteiger partial charge in [-0.1, -0.05) is 78.9 Å². The van der Waals surface area contributed by atoms with Gasteiger partial charge in [-0.05, 0) is 42.7 Å². The Morgan fingerprint density at radius 1 is 0.968 bits per heavy atom. The van der Waals surface area contributed by atoms with Gasteiger partial charge in [-0.2, -0.15) is 0 Å². The summed E-state index contributed by atoms with van der Waals surface area (Å²) in [5.74, 6) is 0.825. The molecule has 0 aliphatic heterocycles. The second kappa shape index (κ2) is 9.00. The molecule has 0 aliphatic rings. The summed E-state index contributed by atoms with van der Waals surface area (Å²) in [6, 6.07) is 26.2. The molecule has 1 unspecified atom stereocenters. The number of hydrogen-bond acceptors (Lipinski definition) is 2. The van der Waals surface area contributed by atoms with Gasteiger partial charge in [0.2, 0.25) is 5.91 Å². The molecule has 0 spiro atoms. The first-order valence-corrected chi connectivity index (χ1v) is 10.5. The third-order valence-electron chi connectivity index (χ3n) is 5.30. The lowest BCUT2D eigenvalue weighted by Crippen LogP contribution is -2.30. The number of aromatic nitrogens is 2. The van der Waals surface area contributed by atoms with Crippen LogP contribution >= 0.6 is 0 Å². The van der Waals surface area contributed by atoms with Gasteiger partial charge in [0.05, 0.1) is 23.5 Å². The average molecular weight is 410 g/mol. The van der Waals surface area contributed by atoms with Crippen LogP contribution in [0, 0.1) is 0 Å². The van der Waals surface area contributed by atoms with Crippen molar-refractivity contribution >= 4 is 16.9 Å². The Hall–Kier alpha value is -3.66. The van der Waals surface area contributed by atoms with Crippen molar-refractivity contribution in [1.82, 2.24) is 14.9 Å². The summed E-state index contributed by atoms with van der Waals surface area (Å²) in [6.07, 6.45) is 0.333. The summed E-state index contributed by atoms with van der Waals surface area (Å²) < 4.78 is 2.14. The number of rotatable bonds is 7. The fraction of sp³-hybridized carbons (Fsp3) is 0.185. The van der Waals surface area contributed by atoms with E-state index in [9.17, 15) is 4.79 Å². The van der Waals surface area contributed by atoms with Gasteiger partial charge in [0, 0.05) is 6.54 Å². The van der Waals surface area contributed by atoms with Crippen molar-refractivity contribution in [2.75, 3.05) is 0 Å². The van der Waals surface area contributed by atoms with Crippen molar-refractivity contribution in [1.29, 1.82) is 0 Å². The predicted molar refractivity (Wildman–Crippen MR) is 127 cm³/mol. The van der Waals surface area contributed by atoms with Crippen LogP contribution in [0.4, 0.5) is 0 Å². The van der Waals surface area contributed by atoms with Crippen LogP contribution in [0.25, 0.3) is 22.2 Å². The maximum Gasteiger partial charge on any atom is 0.224 e. The van der Waals surface area contributed by atoms with Gasteiger partial charge >= 0.3 is 0 Å². The standard InChI is InChI=1S/C27H27N3O/c1-19(2)18-30-25-12-8-7-11-24(25)29-27(30)20(3)28-26(31)17-21-13-15-23(16-14-21)22-9-5-4-6-10-22/h4-16,20H,1,17-18H2,2-3H3,(H,28,31). The topological polar surface area (TPSA) is 46.9 Å². The highest BCUT2D eigenvalue weighted by Crippen LogP contribution is 2.23. The second-order valence-electron chi connectivity index (χ2n) is 8.03. The van der Waals surface area contributed by atoms with E-state index in [-0.39, 0.29) is 11.9 Å². The van der Waals surface area contributed by atoms with Crippen LogP contribution in [0.3, 0.4) is 0 Å². The molecule has 3 aromatic carbocycles. The predicted octanol–water partition coefficient (Wildman–Crippen LogP) is 5.70. The Balaban J connectivity index is 1.47. The van der Waals surface area contributed by atoms with Crippen LogP contribution < -0.4 is 5.32 Å². The number of amides is 1. The minimum Gasteiger partial charge on any atom is -0.346 e. The molecule has 31 heavy (non-hydrogen) atoms. The maximum absolute atomic E-state index is 12.7. The summed E-state index contributed by atoms with van der Waals surface area (Å²) in [7, 11) is 0. The SMILES string of the molecule is C=C(C)Cn1c(C(C)NC(=O)Cc2ccc(-c3ccccc3)cc2)nc2ccccc21. The second-order valence-corrected chi connectivity index (χ2v) is 8.03. The summed E-state index contributed by atoms with van der Waals surface area (Å²) >= 11 is 0. The van der Waals surface area contributed by atoms with E-state index in [0.29, 0.717) is 13.0 Å². The Labute approximate surface area is 183 Å². The first kappa shape index (κ1) is 20.6. The Morgan fingerprint density at radius 3 is 2.32 bits per heavy atom. The lowest BCUT2D eigenvalue weighted by molar-refractivity contribution is -0.121. The van der Waals surface area contributed by atoms with Crippen LogP contribution in [0.15, 0.2) is 91.0 Å². The minimum absolute atomic E-state index is 0.0195. The first-order chi connectivity index (χ1) is 15.0. The van der Waals surface area contributed by atoms with Crippen LogP contribution in [0.1, 0.15) is 31.3 Å². The molecule has 1 amide bonds. The van der Waals surface area contributed by atoms with E-state index in [2.05, 4.69) is 46.8 Å². The Bertz CT molecular complexity index is 1210. The van der Waals surface area contributed by atoms with E-state index in [1.54, 1.807) is 0 Å². The van der Waals surface area contributed by atoms with Crippen molar-refractivity contribution in [3.63, 3.8) is 0 Å². The molecular formula is C27H27N3O. The smallest absolute Gasteiger partial charge is 0.224 e. The van der Waals surface area contributed by atoms with E-state index in [4.69, 9.17) is 4.98 Å². The Kier molecular flexibility index (Phi) is 5.99. The number of benzene rings is 3. The maximum atomic E-state index is 12.7. The summed E-state index contributed by atoms with van der Waals surface area (Å²) in [6.45, 7) is 8.70. The zero-order chi connectivity index (χ0) is 21.8. The zero-order valence-electron chi connectivity index (χ0n) is 18.0. The fourth-order valence-corrected chi connectivity index (χ4v) is 3.85. The van der Waals surface area contributed by atoms with Crippen molar-refractivity contribution in [2.24, 2.45) is 0 Å². The number of imidazole rings is 1. The molecule has 0 fully saturated rings. The molecule has 1 atom stereocenters. The summed E-state index contributed by atoms with van der Waals surface area (Å²) in [4.78, 5) is 17.5. The van der Waals surface area contributed by atoms with Crippen LogP contribution in [0.2, 0.25) is 0 Å². The molecule has 4 nitrogen and oxygen atoms in total. The van der Waals surface area contributed by atoms with E-state index < -0.39 is 0 Å². The zero-order valence-corrected chi connectivity index (χ0v) is 18.0. The molecule has 1 aromatic heterocycles. The number of allylic oxidation sites excluding steroid dienone is 1. The summed E-state index contributed by atoms with van der Waals surface area (Å²) in [5, 5.41) is 3.11. The molecule has 4 heteroatoms. The molecule has 0 saturated carbocycles. The van der Waals surface area contributed by atoms with Gasteiger partial charge in [0.25, 0.3) is 0 Å². The molecule has 0 aliphatic carbocycles. The van der Waals surface area contributed by atoms with Crippen molar-refractivity contribution in [2.45, 2.75) is 32.9 Å². The minimum atomic E-state index is -0.206. The third-order valence-corrected chi connectivity index (χ3v) is 5.30. The number of nitrogens with one attached hydrogen (secondary N) is 1.